The Labute approximate surface area is 154 Å². The van der Waals surface area contributed by atoms with Crippen LogP contribution in [0.1, 0.15) is 16.0 Å². The van der Waals surface area contributed by atoms with E-state index in [1.807, 2.05) is 17.7 Å². The maximum atomic E-state index is 4.49. The van der Waals surface area contributed by atoms with Crippen LogP contribution in [-0.2, 0) is 7.05 Å². The first-order valence-corrected chi connectivity index (χ1v) is 9.53. The van der Waals surface area contributed by atoms with Crippen molar-refractivity contribution in [3.05, 3.63) is 46.6 Å². The van der Waals surface area contributed by atoms with Crippen LogP contribution in [0.3, 0.4) is 0 Å². The Morgan fingerprint density at radius 2 is 1.92 bits per heavy atom. The Morgan fingerprint density at radius 1 is 1.08 bits per heavy atom. The largest absolute Gasteiger partial charge is 0.305 e. The van der Waals surface area contributed by atoms with E-state index >= 15 is 0 Å². The van der Waals surface area contributed by atoms with Gasteiger partial charge in [-0.3, -0.25) is 0 Å². The highest BCUT2D eigenvalue weighted by Crippen LogP contribution is 2.37. The fourth-order valence-corrected chi connectivity index (χ4v) is 4.74. The first-order chi connectivity index (χ1) is 12.0. The minimum absolute atomic E-state index is 0.819. The molecular weight excluding hydrogens is 350 g/mol. The highest BCUT2D eigenvalue weighted by atomic mass is 32.2. The van der Waals surface area contributed by atoms with Crippen molar-refractivity contribution < 1.29 is 0 Å². The van der Waals surface area contributed by atoms with Crippen molar-refractivity contribution in [2.75, 3.05) is 0 Å². The smallest absolute Gasteiger partial charge is 0.197 e. The normalized spacial score (nSPS) is 11.4. The van der Waals surface area contributed by atoms with Crippen LogP contribution in [-0.4, -0.2) is 24.7 Å². The number of hydrogen-bond acceptors (Lipinski definition) is 6. The first kappa shape index (κ1) is 16.2. The molecule has 0 fully saturated rings. The minimum atomic E-state index is 0.819. The third-order valence-corrected chi connectivity index (χ3v) is 6.39. The predicted molar refractivity (Wildman–Crippen MR) is 102 cm³/mol. The minimum Gasteiger partial charge on any atom is -0.305 e. The number of hydrogen-bond donors (Lipinski definition) is 0. The van der Waals surface area contributed by atoms with Gasteiger partial charge < -0.3 is 4.57 Å². The van der Waals surface area contributed by atoms with Gasteiger partial charge in [0.05, 0.1) is 0 Å². The predicted octanol–water partition coefficient (Wildman–Crippen LogP) is 4.56. The molecule has 3 heterocycles. The lowest BCUT2D eigenvalue weighted by atomic mass is 10.1. The van der Waals surface area contributed by atoms with Gasteiger partial charge >= 0.3 is 0 Å². The summed E-state index contributed by atoms with van der Waals surface area (Å²) in [4.78, 5) is 11.2. The maximum Gasteiger partial charge on any atom is 0.197 e. The standard InChI is InChI=1S/C18H17N5S2/c1-10-6-5-7-13(8-10)15-21-22-18(23(15)4)25-17-14-11(2)12(3)24-16(14)19-9-20-17/h5-9H,1-4H3. The molecule has 0 aliphatic carbocycles. The van der Waals surface area contributed by atoms with Crippen molar-refractivity contribution in [1.82, 2.24) is 24.7 Å². The van der Waals surface area contributed by atoms with E-state index in [1.165, 1.54) is 27.8 Å². The van der Waals surface area contributed by atoms with E-state index in [-0.39, 0.29) is 0 Å². The van der Waals surface area contributed by atoms with E-state index in [0.717, 1.165) is 31.8 Å². The van der Waals surface area contributed by atoms with Crippen LogP contribution >= 0.6 is 23.1 Å². The molecule has 3 aromatic heterocycles. The molecule has 25 heavy (non-hydrogen) atoms. The molecule has 0 aliphatic rings. The Bertz CT molecular complexity index is 1080. The first-order valence-electron chi connectivity index (χ1n) is 7.89. The van der Waals surface area contributed by atoms with E-state index in [0.29, 0.717) is 0 Å². The highest BCUT2D eigenvalue weighted by Gasteiger charge is 2.17. The Balaban J connectivity index is 1.76. The Kier molecular flexibility index (Phi) is 4.05. The molecule has 4 rings (SSSR count). The SMILES string of the molecule is Cc1cccc(-c2nnc(Sc3ncnc4sc(C)c(C)c34)n2C)c1. The quantitative estimate of drug-likeness (QED) is 0.497. The molecule has 0 N–H and O–H groups in total. The van der Waals surface area contributed by atoms with Gasteiger partial charge in [0.2, 0.25) is 0 Å². The molecule has 0 spiro atoms. The molecular formula is C18H17N5S2. The molecule has 1 aromatic carbocycles. The number of nitrogens with zero attached hydrogens (tertiary/aromatic N) is 5. The van der Waals surface area contributed by atoms with E-state index in [1.54, 1.807) is 17.7 Å². The van der Waals surface area contributed by atoms with Gasteiger partial charge in [0.1, 0.15) is 16.2 Å². The molecule has 0 radical (unpaired) electrons. The zero-order valence-corrected chi connectivity index (χ0v) is 16.1. The molecule has 0 amide bonds. The van der Waals surface area contributed by atoms with Crippen molar-refractivity contribution in [3.63, 3.8) is 0 Å². The van der Waals surface area contributed by atoms with Crippen LogP contribution in [0.15, 0.2) is 40.8 Å². The second-order valence-electron chi connectivity index (χ2n) is 5.98. The average Bonchev–Trinajstić information content (AvgIpc) is 3.09. The molecule has 126 valence electrons. The fraction of sp³-hybridized carbons (Fsp3) is 0.222. The molecule has 0 unspecified atom stereocenters. The molecule has 0 saturated heterocycles. The van der Waals surface area contributed by atoms with Crippen molar-refractivity contribution in [3.8, 4) is 11.4 Å². The second kappa shape index (κ2) is 6.24. The average molecular weight is 368 g/mol. The maximum absolute atomic E-state index is 4.49. The zero-order valence-electron chi connectivity index (χ0n) is 14.4. The number of aromatic nitrogens is 5. The second-order valence-corrected chi connectivity index (χ2v) is 8.14. The lowest BCUT2D eigenvalue weighted by molar-refractivity contribution is 0.792. The number of rotatable bonds is 3. The van der Waals surface area contributed by atoms with Gasteiger partial charge in [-0.25, -0.2) is 9.97 Å². The number of fused-ring (bicyclic) bond motifs is 1. The lowest BCUT2D eigenvalue weighted by Gasteiger charge is -2.05. The van der Waals surface area contributed by atoms with Crippen molar-refractivity contribution >= 4 is 33.3 Å². The molecule has 4 aromatic rings. The summed E-state index contributed by atoms with van der Waals surface area (Å²) in [7, 11) is 1.99. The van der Waals surface area contributed by atoms with Gasteiger partial charge in [-0.15, -0.1) is 21.5 Å². The Morgan fingerprint density at radius 3 is 2.72 bits per heavy atom. The van der Waals surface area contributed by atoms with E-state index < -0.39 is 0 Å². The summed E-state index contributed by atoms with van der Waals surface area (Å²) in [5.41, 5.74) is 3.51. The van der Waals surface area contributed by atoms with E-state index in [9.17, 15) is 0 Å². The van der Waals surface area contributed by atoms with E-state index in [4.69, 9.17) is 0 Å². The number of thiophene rings is 1. The van der Waals surface area contributed by atoms with Crippen molar-refractivity contribution in [1.29, 1.82) is 0 Å². The highest BCUT2D eigenvalue weighted by molar-refractivity contribution is 7.99. The van der Waals surface area contributed by atoms with Crippen molar-refractivity contribution in [2.24, 2.45) is 7.05 Å². The van der Waals surface area contributed by atoms with Gasteiger partial charge in [-0.05, 0) is 44.2 Å². The molecule has 0 bridgehead atoms. The lowest BCUT2D eigenvalue weighted by Crippen LogP contribution is -1.95. The summed E-state index contributed by atoms with van der Waals surface area (Å²) in [5, 5.41) is 11.6. The van der Waals surface area contributed by atoms with Gasteiger partial charge in [0.15, 0.2) is 11.0 Å². The van der Waals surface area contributed by atoms with Gasteiger partial charge in [0.25, 0.3) is 0 Å². The topological polar surface area (TPSA) is 56.5 Å². The van der Waals surface area contributed by atoms with Gasteiger partial charge in [0, 0.05) is 22.9 Å². The third kappa shape index (κ3) is 2.83. The zero-order chi connectivity index (χ0) is 17.6. The molecule has 5 nitrogen and oxygen atoms in total. The monoisotopic (exact) mass is 367 g/mol. The van der Waals surface area contributed by atoms with E-state index in [2.05, 4.69) is 59.1 Å². The third-order valence-electron chi connectivity index (χ3n) is 4.23. The Hall–Kier alpha value is -2.25. The molecule has 0 aliphatic heterocycles. The van der Waals surface area contributed by atoms with Crippen LogP contribution in [0, 0.1) is 20.8 Å². The molecule has 0 saturated carbocycles. The summed E-state index contributed by atoms with van der Waals surface area (Å²) >= 11 is 3.24. The van der Waals surface area contributed by atoms with Crippen LogP contribution in [0.25, 0.3) is 21.6 Å². The summed E-state index contributed by atoms with van der Waals surface area (Å²) in [5.74, 6) is 0.856. The number of aryl methyl sites for hydroxylation is 3. The van der Waals surface area contributed by atoms with Crippen molar-refractivity contribution in [2.45, 2.75) is 31.0 Å². The summed E-state index contributed by atoms with van der Waals surface area (Å²) < 4.78 is 2.02. The van der Waals surface area contributed by atoms with Gasteiger partial charge in [-0.1, -0.05) is 23.8 Å². The van der Waals surface area contributed by atoms with Crippen LogP contribution in [0.5, 0.6) is 0 Å². The van der Waals surface area contributed by atoms with Crippen LogP contribution < -0.4 is 0 Å². The fourth-order valence-electron chi connectivity index (χ4n) is 2.75. The van der Waals surface area contributed by atoms with Gasteiger partial charge in [-0.2, -0.15) is 0 Å². The molecule has 0 atom stereocenters. The molecule has 7 heteroatoms. The van der Waals surface area contributed by atoms with Crippen LogP contribution in [0.2, 0.25) is 0 Å². The summed E-state index contributed by atoms with van der Waals surface area (Å²) in [6, 6.07) is 8.29. The summed E-state index contributed by atoms with van der Waals surface area (Å²) in [6.07, 6.45) is 1.62. The summed E-state index contributed by atoms with van der Waals surface area (Å²) in [6.45, 7) is 6.32. The number of benzene rings is 1. The van der Waals surface area contributed by atoms with Crippen LogP contribution in [0.4, 0.5) is 0 Å².